The van der Waals surface area contributed by atoms with Gasteiger partial charge in [0.2, 0.25) is 5.91 Å². The molecule has 3 atom stereocenters. The van der Waals surface area contributed by atoms with Crippen molar-refractivity contribution in [2.45, 2.75) is 64.6 Å². The molecule has 0 saturated heterocycles. The van der Waals surface area contributed by atoms with E-state index in [0.717, 1.165) is 12.8 Å². The van der Waals surface area contributed by atoms with Crippen LogP contribution in [0.25, 0.3) is 0 Å². The molecule has 0 aromatic carbocycles. The van der Waals surface area contributed by atoms with Gasteiger partial charge in [-0.3, -0.25) is 4.79 Å². The molecule has 0 heterocycles. The van der Waals surface area contributed by atoms with E-state index in [1.165, 1.54) is 0 Å². The molecule has 3 N–H and O–H groups in total. The normalized spacial score (nSPS) is 29.6. The van der Waals surface area contributed by atoms with Crippen molar-refractivity contribution >= 4 is 5.91 Å². The van der Waals surface area contributed by atoms with Crippen LogP contribution in [0.4, 0.5) is 0 Å². The third-order valence-electron chi connectivity index (χ3n) is 4.58. The number of nitrogens with two attached hydrogens (primary N) is 1. The lowest BCUT2D eigenvalue weighted by Crippen LogP contribution is -2.76. The van der Waals surface area contributed by atoms with E-state index in [9.17, 15) is 4.79 Å². The van der Waals surface area contributed by atoms with Gasteiger partial charge >= 0.3 is 0 Å². The lowest BCUT2D eigenvalue weighted by atomic mass is 9.54. The molecule has 0 spiro atoms. The first kappa shape index (κ1) is 17.4. The Morgan fingerprint density at radius 3 is 2.55 bits per heavy atom. The molecule has 1 fully saturated rings. The van der Waals surface area contributed by atoms with Crippen molar-refractivity contribution in [3.63, 3.8) is 0 Å². The number of carbonyl (C=O) groups excluding carboxylic acids is 1. The lowest BCUT2D eigenvalue weighted by Gasteiger charge is -2.57. The van der Waals surface area contributed by atoms with Crippen molar-refractivity contribution in [2.24, 2.45) is 11.1 Å². The zero-order valence-electron chi connectivity index (χ0n) is 13.5. The van der Waals surface area contributed by atoms with Crippen molar-refractivity contribution in [3.8, 4) is 0 Å². The van der Waals surface area contributed by atoms with E-state index in [0.29, 0.717) is 19.6 Å². The summed E-state index contributed by atoms with van der Waals surface area (Å²) < 4.78 is 10.8. The fourth-order valence-corrected chi connectivity index (χ4v) is 2.88. The Kier molecular flexibility index (Phi) is 5.98. The quantitative estimate of drug-likeness (QED) is 0.708. The largest absolute Gasteiger partial charge is 0.383 e. The average molecular weight is 286 g/mol. The van der Waals surface area contributed by atoms with Crippen LogP contribution in [0.2, 0.25) is 0 Å². The van der Waals surface area contributed by atoms with Crippen molar-refractivity contribution in [3.05, 3.63) is 0 Å². The van der Waals surface area contributed by atoms with Gasteiger partial charge < -0.3 is 20.5 Å². The van der Waals surface area contributed by atoms with Gasteiger partial charge in [-0.25, -0.2) is 0 Å². The number of hydrogen-bond donors (Lipinski definition) is 2. The molecule has 5 heteroatoms. The van der Waals surface area contributed by atoms with Crippen LogP contribution in [-0.4, -0.2) is 43.9 Å². The van der Waals surface area contributed by atoms with Crippen LogP contribution in [0.5, 0.6) is 0 Å². The lowest BCUT2D eigenvalue weighted by molar-refractivity contribution is -0.171. The van der Waals surface area contributed by atoms with Crippen LogP contribution < -0.4 is 11.1 Å². The Hall–Kier alpha value is -0.650. The summed E-state index contributed by atoms with van der Waals surface area (Å²) >= 11 is 0. The first-order valence-corrected chi connectivity index (χ1v) is 7.53. The molecule has 5 nitrogen and oxygen atoms in total. The van der Waals surface area contributed by atoms with E-state index in [-0.39, 0.29) is 23.5 Å². The van der Waals surface area contributed by atoms with Gasteiger partial charge in [0.15, 0.2) is 0 Å². The van der Waals surface area contributed by atoms with Gasteiger partial charge in [0, 0.05) is 25.6 Å². The summed E-state index contributed by atoms with van der Waals surface area (Å²) in [7, 11) is 1.64. The van der Waals surface area contributed by atoms with Crippen LogP contribution >= 0.6 is 0 Å². The Labute approximate surface area is 122 Å². The number of carbonyl (C=O) groups is 1. The minimum Gasteiger partial charge on any atom is -0.383 e. The number of ether oxygens (including phenoxy) is 2. The Balaban J connectivity index is 2.67. The summed E-state index contributed by atoms with van der Waals surface area (Å²) in [4.78, 5) is 12.5. The van der Waals surface area contributed by atoms with E-state index in [2.05, 4.69) is 12.2 Å². The number of rotatable bonds is 8. The summed E-state index contributed by atoms with van der Waals surface area (Å²) in [6.45, 7) is 9.22. The van der Waals surface area contributed by atoms with Crippen LogP contribution in [0, 0.1) is 5.41 Å². The molecule has 118 valence electrons. The zero-order chi connectivity index (χ0) is 15.4. The highest BCUT2D eigenvalue weighted by atomic mass is 16.5. The van der Waals surface area contributed by atoms with E-state index >= 15 is 0 Å². The van der Waals surface area contributed by atoms with Gasteiger partial charge in [-0.1, -0.05) is 27.2 Å². The second-order valence-corrected chi connectivity index (χ2v) is 6.26. The summed E-state index contributed by atoms with van der Waals surface area (Å²) in [6, 6.07) is 0.0277. The summed E-state index contributed by atoms with van der Waals surface area (Å²) in [5.41, 5.74) is 5.15. The smallest absolute Gasteiger partial charge is 0.241 e. The Morgan fingerprint density at radius 1 is 1.45 bits per heavy atom. The molecule has 1 saturated carbocycles. The first-order chi connectivity index (χ1) is 9.33. The summed E-state index contributed by atoms with van der Waals surface area (Å²) in [5.74, 6) is -0.0889. The summed E-state index contributed by atoms with van der Waals surface area (Å²) in [6.07, 6.45) is 2.52. The average Bonchev–Trinajstić information content (AvgIpc) is 2.38. The van der Waals surface area contributed by atoms with Crippen LogP contribution in [0.1, 0.15) is 47.0 Å². The number of methoxy groups -OCH3 is 1. The van der Waals surface area contributed by atoms with Gasteiger partial charge in [-0.2, -0.15) is 0 Å². The van der Waals surface area contributed by atoms with E-state index < -0.39 is 5.54 Å². The third kappa shape index (κ3) is 3.15. The highest BCUT2D eigenvalue weighted by Gasteiger charge is 2.62. The van der Waals surface area contributed by atoms with Crippen LogP contribution in [0.15, 0.2) is 0 Å². The molecule has 0 bridgehead atoms. The molecule has 3 unspecified atom stereocenters. The standard InChI is InChI=1S/C15H30N2O3/c1-6-8-11(10-19-5)17-13(18)15(16)9-12(20-7-2)14(15,3)4/h11-12H,6-10,16H2,1-5H3,(H,17,18). The van der Waals surface area contributed by atoms with Gasteiger partial charge in [-0.05, 0) is 13.3 Å². The Morgan fingerprint density at radius 2 is 2.10 bits per heavy atom. The second-order valence-electron chi connectivity index (χ2n) is 6.26. The molecular weight excluding hydrogens is 256 g/mol. The van der Waals surface area contributed by atoms with Crippen LogP contribution in [0.3, 0.4) is 0 Å². The molecule has 1 aliphatic rings. The topological polar surface area (TPSA) is 73.6 Å². The van der Waals surface area contributed by atoms with E-state index in [1.807, 2.05) is 20.8 Å². The van der Waals surface area contributed by atoms with Gasteiger partial charge in [0.05, 0.1) is 18.8 Å². The minimum atomic E-state index is -0.855. The van der Waals surface area contributed by atoms with Crippen molar-refractivity contribution < 1.29 is 14.3 Å². The number of amides is 1. The molecule has 0 radical (unpaired) electrons. The molecule has 0 aliphatic heterocycles. The van der Waals surface area contributed by atoms with Gasteiger partial charge in [0.1, 0.15) is 5.54 Å². The van der Waals surface area contributed by atoms with Gasteiger partial charge in [0.25, 0.3) is 0 Å². The number of nitrogens with one attached hydrogen (secondary N) is 1. The maximum atomic E-state index is 12.5. The first-order valence-electron chi connectivity index (χ1n) is 7.53. The second kappa shape index (κ2) is 6.87. The van der Waals surface area contributed by atoms with Crippen molar-refractivity contribution in [1.29, 1.82) is 0 Å². The molecule has 0 aromatic heterocycles. The van der Waals surface area contributed by atoms with Crippen LogP contribution in [-0.2, 0) is 14.3 Å². The minimum absolute atomic E-state index is 0.0277. The van der Waals surface area contributed by atoms with Gasteiger partial charge in [-0.15, -0.1) is 0 Å². The fourth-order valence-electron chi connectivity index (χ4n) is 2.88. The van der Waals surface area contributed by atoms with Crippen molar-refractivity contribution in [1.82, 2.24) is 5.32 Å². The summed E-state index contributed by atoms with van der Waals surface area (Å²) in [5, 5.41) is 3.04. The zero-order valence-corrected chi connectivity index (χ0v) is 13.5. The number of hydrogen-bond acceptors (Lipinski definition) is 4. The molecule has 1 amide bonds. The highest BCUT2D eigenvalue weighted by molar-refractivity contribution is 5.89. The Bertz CT molecular complexity index is 327. The highest BCUT2D eigenvalue weighted by Crippen LogP contribution is 2.49. The SMILES string of the molecule is CCCC(COC)NC(=O)C1(N)CC(OCC)C1(C)C. The molecule has 1 aliphatic carbocycles. The molecule has 1 rings (SSSR count). The fraction of sp³-hybridized carbons (Fsp3) is 0.933. The molecular formula is C15H30N2O3. The molecule has 0 aromatic rings. The third-order valence-corrected chi connectivity index (χ3v) is 4.58. The monoisotopic (exact) mass is 286 g/mol. The maximum Gasteiger partial charge on any atom is 0.241 e. The van der Waals surface area contributed by atoms with E-state index in [4.69, 9.17) is 15.2 Å². The predicted octanol–water partition coefficient (Wildman–Crippen LogP) is 1.45. The predicted molar refractivity (Wildman–Crippen MR) is 79.4 cm³/mol. The molecule has 20 heavy (non-hydrogen) atoms. The van der Waals surface area contributed by atoms with E-state index in [1.54, 1.807) is 7.11 Å². The van der Waals surface area contributed by atoms with Crippen molar-refractivity contribution in [2.75, 3.05) is 20.3 Å². The maximum absolute atomic E-state index is 12.5.